The molecule has 0 radical (unpaired) electrons. The van der Waals surface area contributed by atoms with Crippen molar-refractivity contribution in [1.29, 1.82) is 0 Å². The monoisotopic (exact) mass is 264 g/mol. The molecule has 1 aromatic carbocycles. The van der Waals surface area contributed by atoms with E-state index in [0.717, 1.165) is 16.7 Å². The zero-order valence-electron chi connectivity index (χ0n) is 10.8. The highest BCUT2D eigenvalue weighted by molar-refractivity contribution is 5.44. The lowest BCUT2D eigenvalue weighted by Crippen LogP contribution is -2.25. The van der Waals surface area contributed by atoms with E-state index in [0.29, 0.717) is 5.75 Å². The van der Waals surface area contributed by atoms with E-state index in [2.05, 4.69) is 4.98 Å². The van der Waals surface area contributed by atoms with Crippen LogP contribution in [0.5, 0.6) is 11.6 Å². The number of hydrogen-bond donors (Lipinski definition) is 2. The fraction of sp³-hybridized carbons (Fsp3) is 0.231. The smallest absolute Gasteiger partial charge is 0.328 e. The summed E-state index contributed by atoms with van der Waals surface area (Å²) in [6.45, 7) is 5.54. The third-order valence-corrected chi connectivity index (χ3v) is 2.66. The SMILES string of the molecule is Cc1cc(C)c(Oc2[nH]c(=O)[nH]c(=O)c2F)c(C)c1. The first-order chi connectivity index (χ1) is 8.88. The second-order valence-corrected chi connectivity index (χ2v) is 4.38. The first-order valence-electron chi connectivity index (χ1n) is 5.66. The quantitative estimate of drug-likeness (QED) is 0.870. The molecule has 100 valence electrons. The van der Waals surface area contributed by atoms with Gasteiger partial charge in [0.25, 0.3) is 5.56 Å². The van der Waals surface area contributed by atoms with Crippen LogP contribution < -0.4 is 16.0 Å². The lowest BCUT2D eigenvalue weighted by molar-refractivity contribution is 0.408. The molecule has 5 nitrogen and oxygen atoms in total. The second-order valence-electron chi connectivity index (χ2n) is 4.38. The number of rotatable bonds is 2. The summed E-state index contributed by atoms with van der Waals surface area (Å²) in [5.74, 6) is -1.21. The van der Waals surface area contributed by atoms with E-state index >= 15 is 0 Å². The Morgan fingerprint density at radius 1 is 1.05 bits per heavy atom. The summed E-state index contributed by atoms with van der Waals surface area (Å²) in [5, 5.41) is 0. The second kappa shape index (κ2) is 4.72. The Labute approximate surface area is 108 Å². The van der Waals surface area contributed by atoms with Gasteiger partial charge in [0, 0.05) is 0 Å². The Kier molecular flexibility index (Phi) is 3.25. The minimum atomic E-state index is -1.15. The number of hydrogen-bond acceptors (Lipinski definition) is 3. The highest BCUT2D eigenvalue weighted by Crippen LogP contribution is 2.28. The molecule has 19 heavy (non-hydrogen) atoms. The molecule has 2 rings (SSSR count). The zero-order chi connectivity index (χ0) is 14.2. The number of aromatic nitrogens is 2. The summed E-state index contributed by atoms with van der Waals surface area (Å²) in [5.41, 5.74) is 0.697. The molecule has 2 aromatic rings. The number of benzene rings is 1. The summed E-state index contributed by atoms with van der Waals surface area (Å²) >= 11 is 0. The maximum atomic E-state index is 13.6. The Hall–Kier alpha value is -2.37. The van der Waals surface area contributed by atoms with Crippen LogP contribution in [0.2, 0.25) is 0 Å². The topological polar surface area (TPSA) is 75.0 Å². The van der Waals surface area contributed by atoms with Crippen molar-refractivity contribution in [2.24, 2.45) is 0 Å². The van der Waals surface area contributed by atoms with Gasteiger partial charge in [-0.25, -0.2) is 4.79 Å². The van der Waals surface area contributed by atoms with Gasteiger partial charge in [0.1, 0.15) is 5.75 Å². The standard InChI is InChI=1S/C13H13FN2O3/c1-6-4-7(2)10(8(3)5-6)19-12-9(14)11(17)15-13(18)16-12/h4-5H,1-3H3,(H2,15,16,17,18). The van der Waals surface area contributed by atoms with Gasteiger partial charge in [-0.1, -0.05) is 17.7 Å². The van der Waals surface area contributed by atoms with Gasteiger partial charge in [0.05, 0.1) is 0 Å². The molecule has 1 heterocycles. The third kappa shape index (κ3) is 2.57. The highest BCUT2D eigenvalue weighted by atomic mass is 19.1. The molecule has 0 aliphatic heterocycles. The van der Waals surface area contributed by atoms with Crippen LogP contribution in [0.1, 0.15) is 16.7 Å². The van der Waals surface area contributed by atoms with Crippen LogP contribution in [0.25, 0.3) is 0 Å². The summed E-state index contributed by atoms with van der Waals surface area (Å²) in [6.07, 6.45) is 0. The first-order valence-corrected chi connectivity index (χ1v) is 5.66. The predicted octanol–water partition coefficient (Wildman–Crippen LogP) is 1.92. The van der Waals surface area contributed by atoms with Crippen molar-refractivity contribution in [3.05, 3.63) is 55.5 Å². The number of H-pyrrole nitrogens is 2. The Bertz CT molecular complexity index is 723. The van der Waals surface area contributed by atoms with Crippen molar-refractivity contribution in [3.8, 4) is 11.6 Å². The average Bonchev–Trinajstić information content (AvgIpc) is 2.29. The molecule has 0 atom stereocenters. The van der Waals surface area contributed by atoms with Crippen molar-refractivity contribution in [3.63, 3.8) is 0 Å². The van der Waals surface area contributed by atoms with E-state index in [1.165, 1.54) is 0 Å². The van der Waals surface area contributed by atoms with Crippen LogP contribution >= 0.6 is 0 Å². The molecule has 0 fully saturated rings. The van der Waals surface area contributed by atoms with Gasteiger partial charge in [0.2, 0.25) is 11.7 Å². The molecule has 0 aliphatic rings. The summed E-state index contributed by atoms with van der Waals surface area (Å²) < 4.78 is 18.9. The molecule has 0 spiro atoms. The van der Waals surface area contributed by atoms with Crippen LogP contribution in [0.4, 0.5) is 4.39 Å². The number of halogens is 1. The molecule has 6 heteroatoms. The number of aromatic amines is 2. The minimum absolute atomic E-state index is 0.422. The van der Waals surface area contributed by atoms with Crippen molar-refractivity contribution in [2.45, 2.75) is 20.8 Å². The molecule has 0 saturated carbocycles. The fourth-order valence-corrected chi connectivity index (χ4v) is 1.95. The maximum Gasteiger partial charge on any atom is 0.328 e. The molecule has 0 unspecified atom stereocenters. The summed E-state index contributed by atoms with van der Waals surface area (Å²) in [4.78, 5) is 26.2. The van der Waals surface area contributed by atoms with Crippen LogP contribution in [0, 0.1) is 26.6 Å². The van der Waals surface area contributed by atoms with Gasteiger partial charge in [-0.05, 0) is 31.9 Å². The van der Waals surface area contributed by atoms with Gasteiger partial charge < -0.3 is 4.74 Å². The first kappa shape index (κ1) is 13.1. The van der Waals surface area contributed by atoms with E-state index in [1.807, 2.05) is 19.1 Å². The number of aryl methyl sites for hydroxylation is 3. The van der Waals surface area contributed by atoms with E-state index in [9.17, 15) is 14.0 Å². The molecular formula is C13H13FN2O3. The van der Waals surface area contributed by atoms with E-state index < -0.39 is 22.9 Å². The molecule has 0 saturated heterocycles. The maximum absolute atomic E-state index is 13.6. The molecule has 0 bridgehead atoms. The van der Waals surface area contributed by atoms with E-state index in [-0.39, 0.29) is 0 Å². The fourth-order valence-electron chi connectivity index (χ4n) is 1.95. The largest absolute Gasteiger partial charge is 0.437 e. The lowest BCUT2D eigenvalue weighted by Gasteiger charge is -2.12. The minimum Gasteiger partial charge on any atom is -0.437 e. The van der Waals surface area contributed by atoms with E-state index in [4.69, 9.17) is 4.74 Å². The molecular weight excluding hydrogens is 251 g/mol. The van der Waals surface area contributed by atoms with Gasteiger partial charge >= 0.3 is 5.69 Å². The van der Waals surface area contributed by atoms with Crippen LogP contribution in [0.3, 0.4) is 0 Å². The predicted molar refractivity (Wildman–Crippen MR) is 68.4 cm³/mol. The average molecular weight is 264 g/mol. The number of nitrogens with one attached hydrogen (secondary N) is 2. The van der Waals surface area contributed by atoms with Gasteiger partial charge in [-0.15, -0.1) is 0 Å². The summed E-state index contributed by atoms with van der Waals surface area (Å²) in [7, 11) is 0. The van der Waals surface area contributed by atoms with Gasteiger partial charge in [-0.3, -0.25) is 14.8 Å². The molecule has 0 amide bonds. The van der Waals surface area contributed by atoms with Crippen molar-refractivity contribution < 1.29 is 9.13 Å². The molecule has 0 aliphatic carbocycles. The van der Waals surface area contributed by atoms with Crippen LogP contribution in [-0.2, 0) is 0 Å². The normalized spacial score (nSPS) is 10.5. The van der Waals surface area contributed by atoms with Crippen molar-refractivity contribution >= 4 is 0 Å². The summed E-state index contributed by atoms with van der Waals surface area (Å²) in [6, 6.07) is 3.73. The van der Waals surface area contributed by atoms with Gasteiger partial charge in [-0.2, -0.15) is 4.39 Å². The van der Waals surface area contributed by atoms with Crippen LogP contribution in [0.15, 0.2) is 21.7 Å². The van der Waals surface area contributed by atoms with Crippen molar-refractivity contribution in [2.75, 3.05) is 0 Å². The number of ether oxygens (including phenoxy) is 1. The highest BCUT2D eigenvalue weighted by Gasteiger charge is 2.14. The van der Waals surface area contributed by atoms with Crippen molar-refractivity contribution in [1.82, 2.24) is 9.97 Å². The van der Waals surface area contributed by atoms with Gasteiger partial charge in [0.15, 0.2) is 0 Å². The molecule has 2 N–H and O–H groups in total. The molecule has 1 aromatic heterocycles. The Morgan fingerprint density at radius 3 is 2.21 bits per heavy atom. The zero-order valence-corrected chi connectivity index (χ0v) is 10.8. The van der Waals surface area contributed by atoms with E-state index in [1.54, 1.807) is 18.8 Å². The lowest BCUT2D eigenvalue weighted by atomic mass is 10.1. The Morgan fingerprint density at radius 2 is 1.63 bits per heavy atom. The van der Waals surface area contributed by atoms with Crippen LogP contribution in [-0.4, -0.2) is 9.97 Å². The third-order valence-electron chi connectivity index (χ3n) is 2.66. The Balaban J connectivity index is 2.54.